The summed E-state index contributed by atoms with van der Waals surface area (Å²) >= 11 is 0. The van der Waals surface area contributed by atoms with Crippen LogP contribution in [0.1, 0.15) is 70.4 Å². The van der Waals surface area contributed by atoms with E-state index < -0.39 is 11.9 Å². The first-order chi connectivity index (χ1) is 20.3. The van der Waals surface area contributed by atoms with Crippen molar-refractivity contribution >= 4 is 11.9 Å². The number of carboxylic acids is 2. The van der Waals surface area contributed by atoms with Gasteiger partial charge in [-0.05, 0) is 98.9 Å². The van der Waals surface area contributed by atoms with E-state index in [0.717, 1.165) is 43.6 Å². The molecule has 0 saturated heterocycles. The van der Waals surface area contributed by atoms with Gasteiger partial charge in [-0.2, -0.15) is 0 Å². The van der Waals surface area contributed by atoms with Gasteiger partial charge in [0.1, 0.15) is 23.0 Å². The maximum atomic E-state index is 11.6. The molecule has 212 valence electrons. The molecule has 6 nitrogen and oxygen atoms in total. The normalized spacial score (nSPS) is 25.6. The van der Waals surface area contributed by atoms with Crippen molar-refractivity contribution < 1.29 is 29.3 Å². The Morgan fingerprint density at radius 1 is 0.595 bits per heavy atom. The topological polar surface area (TPSA) is 93.1 Å². The van der Waals surface area contributed by atoms with Gasteiger partial charge in [0, 0.05) is 22.0 Å². The number of hydrogen-bond acceptors (Lipinski definition) is 4. The summed E-state index contributed by atoms with van der Waals surface area (Å²) in [6, 6.07) is 29.8. The van der Waals surface area contributed by atoms with Crippen LogP contribution in [0, 0.1) is 11.8 Å². The Morgan fingerprint density at radius 2 is 1.02 bits per heavy atom. The molecule has 4 bridgehead atoms. The Kier molecular flexibility index (Phi) is 6.30. The number of para-hydroxylation sites is 2. The number of benzene rings is 4. The molecule has 0 aromatic heterocycles. The zero-order chi connectivity index (χ0) is 28.9. The lowest BCUT2D eigenvalue weighted by molar-refractivity contribution is -0.0294. The van der Waals surface area contributed by atoms with Crippen LogP contribution in [0.15, 0.2) is 97.1 Å². The summed E-state index contributed by atoms with van der Waals surface area (Å²) in [5.74, 6) is 1.81. The van der Waals surface area contributed by atoms with Crippen molar-refractivity contribution in [2.24, 2.45) is 11.8 Å². The van der Waals surface area contributed by atoms with Crippen LogP contribution in [0.2, 0.25) is 0 Å². The summed E-state index contributed by atoms with van der Waals surface area (Å²) in [6.07, 6.45) is 6.61. The SMILES string of the molecule is O=C(O)c1cccc(Oc2ccccc2C23CC4CC(C2)CC(c2ccccc2Oc2cccc(C(=O)O)c2)(C4)C3)c1. The Morgan fingerprint density at radius 3 is 1.45 bits per heavy atom. The fourth-order valence-corrected chi connectivity index (χ4v) is 8.52. The molecule has 4 aliphatic carbocycles. The van der Waals surface area contributed by atoms with E-state index >= 15 is 0 Å². The Balaban J connectivity index is 1.26. The highest BCUT2D eigenvalue weighted by Crippen LogP contribution is 2.68. The van der Waals surface area contributed by atoms with Crippen LogP contribution in [0.5, 0.6) is 23.0 Å². The first-order valence-electron chi connectivity index (χ1n) is 14.5. The van der Waals surface area contributed by atoms with Gasteiger partial charge in [-0.15, -0.1) is 0 Å². The molecule has 8 rings (SSSR count). The lowest BCUT2D eigenvalue weighted by atomic mass is 9.41. The number of ether oxygens (including phenoxy) is 2. The Labute approximate surface area is 244 Å². The molecule has 6 heteroatoms. The van der Waals surface area contributed by atoms with E-state index in [0.29, 0.717) is 23.3 Å². The predicted octanol–water partition coefficient (Wildman–Crippen LogP) is 8.46. The van der Waals surface area contributed by atoms with Crippen molar-refractivity contribution in [1.82, 2.24) is 0 Å². The molecule has 0 unspecified atom stereocenters. The van der Waals surface area contributed by atoms with Crippen molar-refractivity contribution in [3.8, 4) is 23.0 Å². The minimum Gasteiger partial charge on any atom is -0.478 e. The van der Waals surface area contributed by atoms with E-state index in [2.05, 4.69) is 24.3 Å². The largest absolute Gasteiger partial charge is 0.478 e. The van der Waals surface area contributed by atoms with Gasteiger partial charge in [0.25, 0.3) is 0 Å². The maximum absolute atomic E-state index is 11.6. The quantitative estimate of drug-likeness (QED) is 0.225. The summed E-state index contributed by atoms with van der Waals surface area (Å²) in [6.45, 7) is 0. The molecule has 0 atom stereocenters. The van der Waals surface area contributed by atoms with Crippen LogP contribution in [-0.2, 0) is 10.8 Å². The first kappa shape index (κ1) is 26.3. The van der Waals surface area contributed by atoms with Crippen LogP contribution in [0.4, 0.5) is 0 Å². The highest BCUT2D eigenvalue weighted by molar-refractivity contribution is 5.88. The molecule has 4 saturated carbocycles. The molecule has 4 fully saturated rings. The summed E-state index contributed by atoms with van der Waals surface area (Å²) in [4.78, 5) is 23.1. The summed E-state index contributed by atoms with van der Waals surface area (Å²) < 4.78 is 12.9. The average molecular weight is 561 g/mol. The highest BCUT2D eigenvalue weighted by Gasteiger charge is 2.59. The molecule has 42 heavy (non-hydrogen) atoms. The van der Waals surface area contributed by atoms with Crippen LogP contribution < -0.4 is 9.47 Å². The van der Waals surface area contributed by atoms with Gasteiger partial charge in [-0.3, -0.25) is 0 Å². The molecule has 4 aromatic rings. The summed E-state index contributed by atoms with van der Waals surface area (Å²) in [7, 11) is 0. The van der Waals surface area contributed by atoms with Gasteiger partial charge in [0.2, 0.25) is 0 Å². The zero-order valence-corrected chi connectivity index (χ0v) is 23.2. The Bertz CT molecular complexity index is 1550. The number of rotatable bonds is 8. The maximum Gasteiger partial charge on any atom is 0.335 e. The monoisotopic (exact) mass is 560 g/mol. The van der Waals surface area contributed by atoms with Gasteiger partial charge in [-0.25, -0.2) is 9.59 Å². The van der Waals surface area contributed by atoms with Gasteiger partial charge in [-0.1, -0.05) is 48.5 Å². The van der Waals surface area contributed by atoms with E-state index in [-0.39, 0.29) is 22.0 Å². The van der Waals surface area contributed by atoms with Gasteiger partial charge >= 0.3 is 11.9 Å². The molecule has 0 heterocycles. The standard InChI is InChI=1S/C36H32O6/c37-33(38)25-7-5-9-27(16-25)41-31-13-3-1-11-29(31)35-18-23-15-24(19-35)21-36(20-23,22-35)30-12-2-4-14-32(30)42-28-10-6-8-26(17-28)34(39)40/h1-14,16-17,23-24H,15,18-22H2,(H,37,38)(H,39,40). The van der Waals surface area contributed by atoms with E-state index in [1.807, 2.05) is 24.3 Å². The molecular formula is C36H32O6. The van der Waals surface area contributed by atoms with Crippen LogP contribution in [0.25, 0.3) is 0 Å². The van der Waals surface area contributed by atoms with Crippen molar-refractivity contribution in [1.29, 1.82) is 0 Å². The van der Waals surface area contributed by atoms with Crippen molar-refractivity contribution in [3.05, 3.63) is 119 Å². The van der Waals surface area contributed by atoms with Crippen LogP contribution in [-0.4, -0.2) is 22.2 Å². The van der Waals surface area contributed by atoms with Crippen LogP contribution in [0.3, 0.4) is 0 Å². The van der Waals surface area contributed by atoms with Crippen LogP contribution >= 0.6 is 0 Å². The zero-order valence-electron chi connectivity index (χ0n) is 23.2. The molecule has 0 spiro atoms. The molecule has 0 aliphatic heterocycles. The lowest BCUT2D eigenvalue weighted by Crippen LogP contribution is -2.56. The molecular weight excluding hydrogens is 528 g/mol. The van der Waals surface area contributed by atoms with E-state index in [4.69, 9.17) is 9.47 Å². The van der Waals surface area contributed by atoms with Gasteiger partial charge in [0.15, 0.2) is 0 Å². The highest BCUT2D eigenvalue weighted by atomic mass is 16.5. The fraction of sp³-hybridized carbons (Fsp3) is 0.278. The third kappa shape index (κ3) is 4.61. The minimum atomic E-state index is -0.979. The fourth-order valence-electron chi connectivity index (χ4n) is 8.52. The lowest BCUT2D eigenvalue weighted by Gasteiger charge is -2.63. The predicted molar refractivity (Wildman–Crippen MR) is 158 cm³/mol. The summed E-state index contributed by atoms with van der Waals surface area (Å²) in [5, 5.41) is 19.0. The molecule has 4 aliphatic rings. The molecule has 0 radical (unpaired) electrons. The van der Waals surface area contributed by atoms with Crippen molar-refractivity contribution in [3.63, 3.8) is 0 Å². The first-order valence-corrected chi connectivity index (χ1v) is 14.5. The molecule has 2 N–H and O–H groups in total. The summed E-state index contributed by atoms with van der Waals surface area (Å²) in [5.41, 5.74) is 2.64. The number of carboxylic acid groups (broad SMARTS) is 2. The van der Waals surface area contributed by atoms with Crippen molar-refractivity contribution in [2.45, 2.75) is 49.4 Å². The third-order valence-corrected chi connectivity index (χ3v) is 9.60. The second-order valence-electron chi connectivity index (χ2n) is 12.4. The van der Waals surface area contributed by atoms with Gasteiger partial charge < -0.3 is 19.7 Å². The Hall–Kier alpha value is -4.58. The van der Waals surface area contributed by atoms with E-state index in [1.54, 1.807) is 48.5 Å². The second kappa shape index (κ2) is 10.1. The number of hydrogen-bond donors (Lipinski definition) is 2. The van der Waals surface area contributed by atoms with E-state index in [1.165, 1.54) is 17.5 Å². The minimum absolute atomic E-state index is 0.0680. The number of aromatic carboxylic acids is 2. The third-order valence-electron chi connectivity index (χ3n) is 9.60. The number of carbonyl (C=O) groups is 2. The molecule has 0 amide bonds. The van der Waals surface area contributed by atoms with E-state index in [9.17, 15) is 19.8 Å². The molecule has 4 aromatic carbocycles. The van der Waals surface area contributed by atoms with Crippen molar-refractivity contribution in [2.75, 3.05) is 0 Å². The second-order valence-corrected chi connectivity index (χ2v) is 12.4. The van der Waals surface area contributed by atoms with Gasteiger partial charge in [0.05, 0.1) is 11.1 Å². The average Bonchev–Trinajstić information content (AvgIpc) is 2.97. The smallest absolute Gasteiger partial charge is 0.335 e.